The smallest absolute Gasteiger partial charge is 0.235 e. The van der Waals surface area contributed by atoms with Crippen molar-refractivity contribution in [1.29, 1.82) is 0 Å². The Labute approximate surface area is 382 Å². The Morgan fingerprint density at radius 2 is 1.23 bits per heavy atom. The van der Waals surface area contributed by atoms with E-state index in [2.05, 4.69) is 10.6 Å². The number of nitrogens with one attached hydrogen (secondary N) is 2. The van der Waals surface area contributed by atoms with Crippen LogP contribution in [-0.4, -0.2) is 118 Å². The molecule has 8 N–H and O–H groups in total. The molecule has 2 aromatic carbocycles. The Morgan fingerprint density at radius 3 is 1.78 bits per heavy atom. The number of carbonyl (C=O) groups excluding carboxylic acids is 5. The van der Waals surface area contributed by atoms with Crippen LogP contribution in [0.5, 0.6) is 0 Å². The molecule has 0 radical (unpaired) electrons. The summed E-state index contributed by atoms with van der Waals surface area (Å²) in [5.74, 6) is -3.73. The summed E-state index contributed by atoms with van der Waals surface area (Å²) in [6.07, 6.45) is 4.24. The Bertz CT molecular complexity index is 1950. The number of hydrogen-bond acceptors (Lipinski definition) is 12. The topological polar surface area (TPSA) is 262 Å². The first-order valence-electron chi connectivity index (χ1n) is 22.5. The van der Waals surface area contributed by atoms with Gasteiger partial charge in [-0.3, -0.25) is 19.2 Å². The summed E-state index contributed by atoms with van der Waals surface area (Å²) in [6.45, 7) is 5.89. The fourth-order valence-electron chi connectivity index (χ4n) is 7.65. The Balaban J connectivity index is 2.53. The number of amides is 2. The molecule has 18 heteroatoms. The third-order valence-corrected chi connectivity index (χ3v) is 14.4. The second-order valence-corrected chi connectivity index (χ2v) is 21.4. The molecule has 16 nitrogen and oxygen atoms in total. The number of sulfonamides is 2. The van der Waals surface area contributed by atoms with E-state index in [0.29, 0.717) is 50.8 Å². The van der Waals surface area contributed by atoms with Gasteiger partial charge in [0, 0.05) is 44.4 Å². The van der Waals surface area contributed by atoms with Crippen LogP contribution in [0.3, 0.4) is 0 Å². The van der Waals surface area contributed by atoms with Crippen LogP contribution in [0, 0.1) is 17.8 Å². The lowest BCUT2D eigenvalue weighted by molar-refractivity contribution is -0.129. The standard InChI is InChI=1S/C46H75N7O9S2/c1-35(2)27-41(19-11-13-23-47)46(58)50-42(20-12-14-24-48)32-53(64(61,62)34-39-17-9-6-10-18-39)33-45(57)51-43(22-21-36(3)54)44(56)29-40(28-38-15-7-5-8-16-38)31-52(30-37(4)55)63(59,60)26-25-49/h5-10,15-18,35,40-43H,11-14,19-34,47-49H2,1-4H3,(H,50,58)(H,51,57). The molecular formula is C46H75N7O9S2. The summed E-state index contributed by atoms with van der Waals surface area (Å²) in [4.78, 5) is 66.8. The minimum atomic E-state index is -4.22. The molecule has 0 fully saturated rings. The monoisotopic (exact) mass is 934 g/mol. The fraction of sp³-hybridized carbons (Fsp3) is 0.630. The number of Topliss-reactive ketones (excluding diaryl/α,β-unsaturated/α-hetero) is 3. The second kappa shape index (κ2) is 29.6. The average molecular weight is 934 g/mol. The van der Waals surface area contributed by atoms with Crippen LogP contribution in [0.1, 0.15) is 103 Å². The summed E-state index contributed by atoms with van der Waals surface area (Å²) in [7, 11) is -8.20. The molecule has 2 amide bonds. The van der Waals surface area contributed by atoms with E-state index in [1.54, 1.807) is 30.3 Å². The van der Waals surface area contributed by atoms with Crippen molar-refractivity contribution in [3.05, 3.63) is 71.8 Å². The lowest BCUT2D eigenvalue weighted by Gasteiger charge is -2.30. The molecule has 0 aliphatic carbocycles. The Kier molecular flexibility index (Phi) is 26.0. The third-order valence-electron chi connectivity index (χ3n) is 10.8. The van der Waals surface area contributed by atoms with Crippen molar-refractivity contribution < 1.29 is 40.8 Å². The summed E-state index contributed by atoms with van der Waals surface area (Å²) in [5, 5.41) is 5.83. The number of hydrogen-bond donors (Lipinski definition) is 5. The highest BCUT2D eigenvalue weighted by Gasteiger charge is 2.33. The number of unbranched alkanes of at least 4 members (excludes halogenated alkanes) is 2. The van der Waals surface area contributed by atoms with Crippen LogP contribution in [0.4, 0.5) is 0 Å². The molecule has 0 bridgehead atoms. The summed E-state index contributed by atoms with van der Waals surface area (Å²) >= 11 is 0. The highest BCUT2D eigenvalue weighted by molar-refractivity contribution is 7.89. The molecule has 0 heterocycles. The Morgan fingerprint density at radius 1 is 0.656 bits per heavy atom. The van der Waals surface area contributed by atoms with Crippen LogP contribution >= 0.6 is 0 Å². The molecule has 4 atom stereocenters. The van der Waals surface area contributed by atoms with Crippen molar-refractivity contribution in [2.75, 3.05) is 51.6 Å². The van der Waals surface area contributed by atoms with Gasteiger partial charge in [-0.1, -0.05) is 87.4 Å². The van der Waals surface area contributed by atoms with E-state index in [-0.39, 0.29) is 68.8 Å². The number of nitrogens with zero attached hydrogens (tertiary/aromatic N) is 2. The van der Waals surface area contributed by atoms with E-state index in [0.717, 1.165) is 27.0 Å². The first-order chi connectivity index (χ1) is 30.3. The molecule has 0 saturated heterocycles. The van der Waals surface area contributed by atoms with Gasteiger partial charge in [0.15, 0.2) is 5.78 Å². The zero-order chi connectivity index (χ0) is 47.7. The molecular weight excluding hydrogens is 859 g/mol. The summed E-state index contributed by atoms with van der Waals surface area (Å²) < 4.78 is 57.2. The van der Waals surface area contributed by atoms with Crippen molar-refractivity contribution >= 4 is 49.2 Å². The SMILES string of the molecule is CC(=O)CCC(NC(=O)CN(CC(CCCCN)NC(=O)C(CCCCN)CC(C)C)S(=O)(=O)Cc1ccccc1)C(=O)CC(Cc1ccccc1)CN(CC(C)=O)S(=O)(=O)CCN. The summed E-state index contributed by atoms with van der Waals surface area (Å²) in [6, 6.07) is 15.7. The van der Waals surface area contributed by atoms with Crippen LogP contribution < -0.4 is 27.8 Å². The molecule has 2 aromatic rings. The lowest BCUT2D eigenvalue weighted by Crippen LogP contribution is -2.52. The molecule has 2 rings (SSSR count). The van der Waals surface area contributed by atoms with Gasteiger partial charge in [0.05, 0.1) is 30.6 Å². The summed E-state index contributed by atoms with van der Waals surface area (Å²) in [5.41, 5.74) is 18.4. The van der Waals surface area contributed by atoms with Gasteiger partial charge in [-0.25, -0.2) is 16.8 Å². The van der Waals surface area contributed by atoms with Crippen molar-refractivity contribution in [1.82, 2.24) is 19.2 Å². The molecule has 0 spiro atoms. The first kappa shape index (κ1) is 56.2. The van der Waals surface area contributed by atoms with Gasteiger partial charge >= 0.3 is 0 Å². The zero-order valence-corrected chi connectivity index (χ0v) is 40.1. The minimum absolute atomic E-state index is 0.0739. The molecule has 360 valence electrons. The van der Waals surface area contributed by atoms with Gasteiger partial charge in [0.25, 0.3) is 0 Å². The normalized spacial score (nSPS) is 14.0. The van der Waals surface area contributed by atoms with E-state index in [1.807, 2.05) is 44.2 Å². The predicted octanol–water partition coefficient (Wildman–Crippen LogP) is 3.08. The van der Waals surface area contributed by atoms with E-state index >= 15 is 0 Å². The van der Waals surface area contributed by atoms with Gasteiger partial charge in [0.1, 0.15) is 11.6 Å². The highest BCUT2D eigenvalue weighted by Crippen LogP contribution is 2.22. The predicted molar refractivity (Wildman–Crippen MR) is 252 cm³/mol. The fourth-order valence-corrected chi connectivity index (χ4v) is 10.5. The van der Waals surface area contributed by atoms with Crippen molar-refractivity contribution in [2.45, 2.75) is 116 Å². The number of rotatable bonds is 35. The van der Waals surface area contributed by atoms with Gasteiger partial charge in [-0.2, -0.15) is 8.61 Å². The molecule has 64 heavy (non-hydrogen) atoms. The molecule has 0 aliphatic rings. The molecule has 0 aliphatic heterocycles. The maximum atomic E-state index is 14.3. The molecule has 4 unspecified atom stereocenters. The van der Waals surface area contributed by atoms with Crippen LogP contribution in [0.25, 0.3) is 0 Å². The quantitative estimate of drug-likeness (QED) is 0.0625. The van der Waals surface area contributed by atoms with Gasteiger partial charge in [-0.15, -0.1) is 0 Å². The maximum Gasteiger partial charge on any atom is 0.235 e. The lowest BCUT2D eigenvalue weighted by atomic mass is 9.90. The number of nitrogens with two attached hydrogens (primary N) is 3. The number of carbonyl (C=O) groups is 5. The van der Waals surface area contributed by atoms with Crippen LogP contribution in [-0.2, 0) is 56.2 Å². The first-order valence-corrected chi connectivity index (χ1v) is 25.8. The minimum Gasteiger partial charge on any atom is -0.352 e. The average Bonchev–Trinajstić information content (AvgIpc) is 3.21. The van der Waals surface area contributed by atoms with Crippen LogP contribution in [0.15, 0.2) is 60.7 Å². The van der Waals surface area contributed by atoms with E-state index < -0.39 is 80.1 Å². The molecule has 0 aromatic heterocycles. The van der Waals surface area contributed by atoms with E-state index in [9.17, 15) is 40.8 Å². The van der Waals surface area contributed by atoms with E-state index in [1.165, 1.54) is 13.8 Å². The van der Waals surface area contributed by atoms with Gasteiger partial charge < -0.3 is 32.6 Å². The molecule has 0 saturated carbocycles. The number of benzene rings is 2. The highest BCUT2D eigenvalue weighted by atomic mass is 32.2. The maximum absolute atomic E-state index is 14.3. The largest absolute Gasteiger partial charge is 0.352 e. The zero-order valence-electron chi connectivity index (χ0n) is 38.4. The van der Waals surface area contributed by atoms with Crippen molar-refractivity contribution in [3.63, 3.8) is 0 Å². The van der Waals surface area contributed by atoms with Crippen molar-refractivity contribution in [2.24, 2.45) is 35.0 Å². The third kappa shape index (κ3) is 22.3. The van der Waals surface area contributed by atoms with Gasteiger partial charge in [0.2, 0.25) is 31.9 Å². The van der Waals surface area contributed by atoms with E-state index in [4.69, 9.17) is 17.2 Å². The second-order valence-electron chi connectivity index (χ2n) is 17.3. The van der Waals surface area contributed by atoms with Gasteiger partial charge in [-0.05, 0) is 94.8 Å². The van der Waals surface area contributed by atoms with Crippen molar-refractivity contribution in [3.8, 4) is 0 Å². The Hall–Kier alpha value is -3.91. The van der Waals surface area contributed by atoms with Crippen LogP contribution in [0.2, 0.25) is 0 Å². The number of ketones is 3.